The van der Waals surface area contributed by atoms with Gasteiger partial charge in [-0.15, -0.1) is 0 Å². The van der Waals surface area contributed by atoms with Crippen LogP contribution < -0.4 is 25.4 Å². The Morgan fingerprint density at radius 1 is 0.977 bits per heavy atom. The summed E-state index contributed by atoms with van der Waals surface area (Å²) in [5, 5.41) is 9.81. The number of carbonyl (C=O) groups excluding carboxylic acids is 2. The van der Waals surface area contributed by atoms with E-state index in [0.29, 0.717) is 45.5 Å². The average Bonchev–Trinajstić information content (AvgIpc) is 2.95. The van der Waals surface area contributed by atoms with E-state index in [1.165, 1.54) is 6.33 Å². The minimum absolute atomic E-state index is 0.109. The van der Waals surface area contributed by atoms with Crippen LogP contribution in [0.2, 0.25) is 5.02 Å². The van der Waals surface area contributed by atoms with Gasteiger partial charge in [-0.05, 0) is 70.2 Å². The molecule has 1 atom stereocenters. The Kier molecular flexibility index (Phi) is 10.6. The van der Waals surface area contributed by atoms with E-state index < -0.39 is 11.7 Å². The molecule has 12 heteroatoms. The number of nitrogens with zero attached hydrogens (tertiary/aromatic N) is 3. The first-order valence-corrected chi connectivity index (χ1v) is 14.2. The SMILES string of the molecule is CC(CNC(=O)CCNC(=O)OC(C)(C)C)Oc1cccc2ncnc(Nc3ccc(OCc4ccccn4)c(Cl)c3)c12. The van der Waals surface area contributed by atoms with Crippen molar-refractivity contribution in [1.29, 1.82) is 0 Å². The highest BCUT2D eigenvalue weighted by Gasteiger charge is 2.17. The van der Waals surface area contributed by atoms with E-state index >= 15 is 0 Å². The van der Waals surface area contributed by atoms with Gasteiger partial charge in [0.25, 0.3) is 0 Å². The van der Waals surface area contributed by atoms with E-state index in [2.05, 4.69) is 30.9 Å². The fourth-order valence-corrected chi connectivity index (χ4v) is 4.17. The number of carbonyl (C=O) groups is 2. The van der Waals surface area contributed by atoms with Gasteiger partial charge in [-0.3, -0.25) is 9.78 Å². The minimum atomic E-state index is -0.603. The van der Waals surface area contributed by atoms with Gasteiger partial charge in [0, 0.05) is 24.8 Å². The maximum atomic E-state index is 12.3. The Labute approximate surface area is 255 Å². The molecule has 2 aromatic heterocycles. The number of amides is 2. The van der Waals surface area contributed by atoms with Crippen LogP contribution in [-0.4, -0.2) is 51.7 Å². The van der Waals surface area contributed by atoms with Crippen LogP contribution in [-0.2, 0) is 16.1 Å². The molecule has 2 amide bonds. The molecule has 2 heterocycles. The maximum Gasteiger partial charge on any atom is 0.407 e. The molecule has 0 radical (unpaired) electrons. The molecule has 43 heavy (non-hydrogen) atoms. The third kappa shape index (κ3) is 9.71. The first kappa shape index (κ1) is 31.3. The normalized spacial score (nSPS) is 11.8. The smallest absolute Gasteiger partial charge is 0.407 e. The number of hydrogen-bond acceptors (Lipinski definition) is 9. The number of pyridine rings is 1. The van der Waals surface area contributed by atoms with Gasteiger partial charge < -0.3 is 30.2 Å². The summed E-state index contributed by atoms with van der Waals surface area (Å²) in [6.45, 7) is 7.88. The summed E-state index contributed by atoms with van der Waals surface area (Å²) in [6, 6.07) is 16.5. The summed E-state index contributed by atoms with van der Waals surface area (Å²) in [5.41, 5.74) is 1.57. The molecule has 226 valence electrons. The molecule has 1 unspecified atom stereocenters. The number of benzene rings is 2. The van der Waals surface area contributed by atoms with Gasteiger partial charge in [0.1, 0.15) is 42.0 Å². The molecule has 4 rings (SSSR count). The van der Waals surface area contributed by atoms with Gasteiger partial charge in [0.15, 0.2) is 0 Å². The molecule has 0 fully saturated rings. The summed E-state index contributed by atoms with van der Waals surface area (Å²) >= 11 is 6.51. The Morgan fingerprint density at radius 2 is 1.81 bits per heavy atom. The third-order valence-corrected chi connectivity index (χ3v) is 6.15. The molecule has 0 aliphatic rings. The van der Waals surface area contributed by atoms with E-state index in [-0.39, 0.29) is 31.5 Å². The lowest BCUT2D eigenvalue weighted by molar-refractivity contribution is -0.121. The van der Waals surface area contributed by atoms with Crippen LogP contribution in [0.25, 0.3) is 10.9 Å². The average molecular weight is 607 g/mol. The third-order valence-electron chi connectivity index (χ3n) is 5.86. The fourth-order valence-electron chi connectivity index (χ4n) is 3.94. The largest absolute Gasteiger partial charge is 0.488 e. The molecule has 0 saturated heterocycles. The second-order valence-electron chi connectivity index (χ2n) is 10.7. The molecular formula is C31H35ClN6O5. The summed E-state index contributed by atoms with van der Waals surface area (Å²) in [5.74, 6) is 1.39. The van der Waals surface area contributed by atoms with Crippen molar-refractivity contribution in [3.8, 4) is 11.5 Å². The number of nitrogens with one attached hydrogen (secondary N) is 3. The van der Waals surface area contributed by atoms with Crippen molar-refractivity contribution in [2.45, 2.75) is 52.4 Å². The Balaban J connectivity index is 1.35. The standard InChI is InChI=1S/C31H35ClN6O5/c1-20(17-35-27(39)13-15-34-30(40)43-31(2,3)4)42-26-10-7-9-24-28(26)29(37-19-36-24)38-21-11-12-25(23(32)16-21)41-18-22-8-5-6-14-33-22/h5-12,14,16,19-20H,13,15,17-18H2,1-4H3,(H,34,40)(H,35,39)(H,36,37,38). The van der Waals surface area contributed by atoms with Crippen molar-refractivity contribution in [3.05, 3.63) is 77.8 Å². The van der Waals surface area contributed by atoms with Crippen molar-refractivity contribution in [2.75, 3.05) is 18.4 Å². The minimum Gasteiger partial charge on any atom is -0.488 e. The van der Waals surface area contributed by atoms with Crippen LogP contribution in [0.3, 0.4) is 0 Å². The molecular weight excluding hydrogens is 572 g/mol. The van der Waals surface area contributed by atoms with Gasteiger partial charge in [0.2, 0.25) is 5.91 Å². The van der Waals surface area contributed by atoms with Crippen molar-refractivity contribution < 1.29 is 23.8 Å². The number of fused-ring (bicyclic) bond motifs is 1. The van der Waals surface area contributed by atoms with Gasteiger partial charge in [-0.1, -0.05) is 23.7 Å². The van der Waals surface area contributed by atoms with Crippen LogP contribution in [0, 0.1) is 0 Å². The highest BCUT2D eigenvalue weighted by Crippen LogP contribution is 2.34. The van der Waals surface area contributed by atoms with E-state index in [1.807, 2.05) is 49.4 Å². The van der Waals surface area contributed by atoms with Crippen LogP contribution >= 0.6 is 11.6 Å². The number of ether oxygens (including phenoxy) is 3. The zero-order valence-corrected chi connectivity index (χ0v) is 25.3. The predicted molar refractivity (Wildman–Crippen MR) is 165 cm³/mol. The summed E-state index contributed by atoms with van der Waals surface area (Å²) in [4.78, 5) is 37.1. The highest BCUT2D eigenvalue weighted by molar-refractivity contribution is 6.32. The van der Waals surface area contributed by atoms with Crippen molar-refractivity contribution in [1.82, 2.24) is 25.6 Å². The second-order valence-corrected chi connectivity index (χ2v) is 11.1. The van der Waals surface area contributed by atoms with E-state index in [4.69, 9.17) is 25.8 Å². The second kappa shape index (κ2) is 14.5. The zero-order valence-electron chi connectivity index (χ0n) is 24.5. The van der Waals surface area contributed by atoms with Crippen LogP contribution in [0.15, 0.2) is 67.1 Å². The topological polar surface area (TPSA) is 137 Å². The monoisotopic (exact) mass is 606 g/mol. The number of rotatable bonds is 12. The Morgan fingerprint density at radius 3 is 2.56 bits per heavy atom. The van der Waals surface area contributed by atoms with E-state index in [9.17, 15) is 9.59 Å². The molecule has 4 aromatic rings. The molecule has 0 bridgehead atoms. The summed E-state index contributed by atoms with van der Waals surface area (Å²) < 4.78 is 17.2. The van der Waals surface area contributed by atoms with Gasteiger partial charge in [0.05, 0.1) is 28.2 Å². The molecule has 2 aromatic carbocycles. The van der Waals surface area contributed by atoms with Crippen LogP contribution in [0.5, 0.6) is 11.5 Å². The lowest BCUT2D eigenvalue weighted by atomic mass is 10.2. The van der Waals surface area contributed by atoms with Crippen LogP contribution in [0.4, 0.5) is 16.3 Å². The predicted octanol–water partition coefficient (Wildman–Crippen LogP) is 5.80. The van der Waals surface area contributed by atoms with Crippen molar-refractivity contribution in [3.63, 3.8) is 0 Å². The van der Waals surface area contributed by atoms with Crippen molar-refractivity contribution in [2.24, 2.45) is 0 Å². The molecule has 0 spiro atoms. The van der Waals surface area contributed by atoms with Crippen LogP contribution in [0.1, 0.15) is 39.8 Å². The van der Waals surface area contributed by atoms with Gasteiger partial charge in [-0.2, -0.15) is 0 Å². The van der Waals surface area contributed by atoms with Gasteiger partial charge in [-0.25, -0.2) is 14.8 Å². The number of halogens is 1. The first-order chi connectivity index (χ1) is 20.6. The maximum absolute atomic E-state index is 12.3. The zero-order chi connectivity index (χ0) is 30.8. The van der Waals surface area contributed by atoms with E-state index in [0.717, 1.165) is 5.69 Å². The number of aromatic nitrogens is 3. The molecule has 11 nitrogen and oxygen atoms in total. The number of anilines is 2. The van der Waals surface area contributed by atoms with Crippen molar-refractivity contribution >= 4 is 46.0 Å². The molecule has 3 N–H and O–H groups in total. The summed E-state index contributed by atoms with van der Waals surface area (Å²) in [7, 11) is 0. The molecule has 0 aliphatic carbocycles. The number of hydrogen-bond donors (Lipinski definition) is 3. The highest BCUT2D eigenvalue weighted by atomic mass is 35.5. The lowest BCUT2D eigenvalue weighted by Gasteiger charge is -2.20. The van der Waals surface area contributed by atoms with E-state index in [1.54, 1.807) is 39.1 Å². The Hall–Kier alpha value is -4.64. The first-order valence-electron chi connectivity index (χ1n) is 13.8. The fraction of sp³-hybridized carbons (Fsp3) is 0.323. The van der Waals surface area contributed by atoms with Gasteiger partial charge >= 0.3 is 6.09 Å². The Bertz CT molecular complexity index is 1540. The summed E-state index contributed by atoms with van der Waals surface area (Å²) in [6.07, 6.45) is 2.36. The number of alkyl carbamates (subject to hydrolysis) is 1. The lowest BCUT2D eigenvalue weighted by Crippen LogP contribution is -2.37. The molecule has 0 aliphatic heterocycles. The molecule has 0 saturated carbocycles. The quantitative estimate of drug-likeness (QED) is 0.183.